The molecule has 2 nitrogen and oxygen atoms in total. The lowest BCUT2D eigenvalue weighted by atomic mass is 9.94. The molecule has 108 valence electrons. The van der Waals surface area contributed by atoms with Gasteiger partial charge in [0.15, 0.2) is 0 Å². The molecule has 0 aliphatic rings. The third-order valence-corrected chi connectivity index (χ3v) is 4.22. The van der Waals surface area contributed by atoms with Gasteiger partial charge in [-0.25, -0.2) is 0 Å². The van der Waals surface area contributed by atoms with Crippen LogP contribution >= 0.6 is 0 Å². The van der Waals surface area contributed by atoms with E-state index in [1.165, 1.54) is 27.6 Å². The van der Waals surface area contributed by atoms with Gasteiger partial charge in [-0.05, 0) is 43.8 Å². The van der Waals surface area contributed by atoms with Crippen molar-refractivity contribution in [3.05, 3.63) is 71.4 Å². The minimum Gasteiger partial charge on any atom is -0.350 e. The van der Waals surface area contributed by atoms with Crippen molar-refractivity contribution in [2.24, 2.45) is 7.05 Å². The zero-order valence-corrected chi connectivity index (χ0v) is 13.2. The van der Waals surface area contributed by atoms with Gasteiger partial charge in [0, 0.05) is 24.1 Å². The Morgan fingerprint density at radius 2 is 1.57 bits per heavy atom. The fourth-order valence-electron chi connectivity index (χ4n) is 3.21. The van der Waals surface area contributed by atoms with Gasteiger partial charge in [0.1, 0.15) is 0 Å². The number of aryl methyl sites for hydroxylation is 2. The van der Waals surface area contributed by atoms with Crippen LogP contribution in [0.4, 0.5) is 0 Å². The van der Waals surface area contributed by atoms with Crippen LogP contribution in [0.3, 0.4) is 0 Å². The first-order valence-electron chi connectivity index (χ1n) is 7.35. The first-order valence-corrected chi connectivity index (χ1v) is 7.35. The van der Waals surface area contributed by atoms with Crippen LogP contribution < -0.4 is 0 Å². The van der Waals surface area contributed by atoms with E-state index >= 15 is 0 Å². The molecule has 0 bridgehead atoms. The van der Waals surface area contributed by atoms with Gasteiger partial charge >= 0.3 is 0 Å². The Labute approximate surface area is 126 Å². The number of rotatable bonds is 3. The standard InChI is InChI=1S/C19H22N2/c1-14-9-5-6-10-15(14)19(20(2)3)17-13-21(4)18-12-8-7-11-16(17)18/h5-13,19H,1-4H3. The second-order valence-corrected chi connectivity index (χ2v) is 5.94. The number of nitrogens with zero attached hydrogens (tertiary/aromatic N) is 2. The lowest BCUT2D eigenvalue weighted by Crippen LogP contribution is -2.21. The van der Waals surface area contributed by atoms with Gasteiger partial charge in [0.2, 0.25) is 0 Å². The molecule has 3 rings (SSSR count). The average Bonchev–Trinajstić information content (AvgIpc) is 2.79. The Hall–Kier alpha value is -2.06. The van der Waals surface area contributed by atoms with E-state index < -0.39 is 0 Å². The molecule has 0 saturated carbocycles. The van der Waals surface area contributed by atoms with Crippen LogP contribution in [0.1, 0.15) is 22.7 Å². The van der Waals surface area contributed by atoms with Crippen LogP contribution in [0.2, 0.25) is 0 Å². The van der Waals surface area contributed by atoms with Crippen LogP contribution in [0.5, 0.6) is 0 Å². The molecule has 1 unspecified atom stereocenters. The predicted octanol–water partition coefficient (Wildman–Crippen LogP) is 4.14. The van der Waals surface area contributed by atoms with Crippen LogP contribution in [0.15, 0.2) is 54.7 Å². The molecule has 0 spiro atoms. The number of benzene rings is 2. The molecule has 0 N–H and O–H groups in total. The van der Waals surface area contributed by atoms with E-state index in [0.29, 0.717) is 0 Å². The number of hydrogen-bond donors (Lipinski definition) is 0. The molecular formula is C19H22N2. The van der Waals surface area contributed by atoms with Crippen molar-refractivity contribution in [1.29, 1.82) is 0 Å². The Balaban J connectivity index is 2.24. The van der Waals surface area contributed by atoms with Crippen molar-refractivity contribution in [2.45, 2.75) is 13.0 Å². The highest BCUT2D eigenvalue weighted by Crippen LogP contribution is 2.34. The molecular weight excluding hydrogens is 256 g/mol. The summed E-state index contributed by atoms with van der Waals surface area (Å²) in [5.74, 6) is 0. The molecule has 1 aromatic heterocycles. The van der Waals surface area contributed by atoms with Gasteiger partial charge in [-0.1, -0.05) is 42.5 Å². The fraction of sp³-hybridized carbons (Fsp3) is 0.263. The zero-order chi connectivity index (χ0) is 15.0. The Bertz CT molecular complexity index is 768. The van der Waals surface area contributed by atoms with E-state index in [0.717, 1.165) is 0 Å². The number of hydrogen-bond acceptors (Lipinski definition) is 1. The molecule has 0 saturated heterocycles. The van der Waals surface area contributed by atoms with Crippen molar-refractivity contribution in [1.82, 2.24) is 9.47 Å². The highest BCUT2D eigenvalue weighted by Gasteiger charge is 2.22. The Kier molecular flexibility index (Phi) is 3.56. The van der Waals surface area contributed by atoms with Crippen LogP contribution in [0, 0.1) is 6.92 Å². The summed E-state index contributed by atoms with van der Waals surface area (Å²) < 4.78 is 2.22. The van der Waals surface area contributed by atoms with E-state index in [1.54, 1.807) is 0 Å². The quantitative estimate of drug-likeness (QED) is 0.699. The van der Waals surface area contributed by atoms with E-state index in [2.05, 4.69) is 92.3 Å². The first kappa shape index (κ1) is 13.9. The molecule has 0 amide bonds. The van der Waals surface area contributed by atoms with Gasteiger partial charge in [0.05, 0.1) is 6.04 Å². The van der Waals surface area contributed by atoms with E-state index in [1.807, 2.05) is 0 Å². The van der Waals surface area contributed by atoms with Crippen LogP contribution in [-0.4, -0.2) is 23.6 Å². The van der Waals surface area contributed by atoms with E-state index in [4.69, 9.17) is 0 Å². The van der Waals surface area contributed by atoms with Gasteiger partial charge in [0.25, 0.3) is 0 Å². The number of aromatic nitrogens is 1. The monoisotopic (exact) mass is 278 g/mol. The molecule has 2 heteroatoms. The Morgan fingerprint density at radius 1 is 0.905 bits per heavy atom. The molecule has 1 heterocycles. The van der Waals surface area contributed by atoms with Crippen molar-refractivity contribution in [3.8, 4) is 0 Å². The molecule has 0 aliphatic carbocycles. The molecule has 0 fully saturated rings. The topological polar surface area (TPSA) is 8.17 Å². The number of para-hydroxylation sites is 1. The summed E-state index contributed by atoms with van der Waals surface area (Å²) in [6.07, 6.45) is 2.27. The highest BCUT2D eigenvalue weighted by atomic mass is 15.1. The summed E-state index contributed by atoms with van der Waals surface area (Å²) in [4.78, 5) is 2.30. The second kappa shape index (κ2) is 5.38. The van der Waals surface area contributed by atoms with Crippen molar-refractivity contribution >= 4 is 10.9 Å². The lowest BCUT2D eigenvalue weighted by Gasteiger charge is -2.26. The van der Waals surface area contributed by atoms with Crippen molar-refractivity contribution in [3.63, 3.8) is 0 Å². The second-order valence-electron chi connectivity index (χ2n) is 5.94. The van der Waals surface area contributed by atoms with E-state index in [9.17, 15) is 0 Å². The molecule has 0 radical (unpaired) electrons. The van der Waals surface area contributed by atoms with Crippen molar-refractivity contribution in [2.75, 3.05) is 14.1 Å². The first-order chi connectivity index (χ1) is 10.1. The largest absolute Gasteiger partial charge is 0.350 e. The van der Waals surface area contributed by atoms with Crippen LogP contribution in [-0.2, 0) is 7.05 Å². The highest BCUT2D eigenvalue weighted by molar-refractivity contribution is 5.85. The summed E-state index contributed by atoms with van der Waals surface area (Å²) in [6, 6.07) is 17.6. The number of fused-ring (bicyclic) bond motifs is 1. The van der Waals surface area contributed by atoms with Gasteiger partial charge in [-0.3, -0.25) is 4.90 Å². The summed E-state index contributed by atoms with van der Waals surface area (Å²) in [5, 5.41) is 1.34. The predicted molar refractivity (Wildman–Crippen MR) is 89.6 cm³/mol. The minimum atomic E-state index is 0.275. The van der Waals surface area contributed by atoms with E-state index in [-0.39, 0.29) is 6.04 Å². The molecule has 1 atom stereocenters. The van der Waals surface area contributed by atoms with Crippen LogP contribution in [0.25, 0.3) is 10.9 Å². The Morgan fingerprint density at radius 3 is 2.29 bits per heavy atom. The lowest BCUT2D eigenvalue weighted by molar-refractivity contribution is 0.342. The summed E-state index contributed by atoms with van der Waals surface area (Å²) in [6.45, 7) is 2.19. The fourth-order valence-corrected chi connectivity index (χ4v) is 3.21. The average molecular weight is 278 g/mol. The maximum atomic E-state index is 2.30. The third kappa shape index (κ3) is 2.36. The molecule has 3 aromatic rings. The smallest absolute Gasteiger partial charge is 0.0620 e. The van der Waals surface area contributed by atoms with Crippen molar-refractivity contribution < 1.29 is 0 Å². The SMILES string of the molecule is Cc1ccccc1C(c1cn(C)c2ccccc12)N(C)C. The maximum absolute atomic E-state index is 2.30. The third-order valence-electron chi connectivity index (χ3n) is 4.22. The summed E-state index contributed by atoms with van der Waals surface area (Å²) in [5.41, 5.74) is 5.36. The zero-order valence-electron chi connectivity index (χ0n) is 13.2. The normalized spacial score (nSPS) is 13.0. The maximum Gasteiger partial charge on any atom is 0.0620 e. The molecule has 21 heavy (non-hydrogen) atoms. The summed E-state index contributed by atoms with van der Waals surface area (Å²) in [7, 11) is 6.42. The molecule has 2 aromatic carbocycles. The van der Waals surface area contributed by atoms with Gasteiger partial charge in [-0.15, -0.1) is 0 Å². The van der Waals surface area contributed by atoms with Gasteiger partial charge in [-0.2, -0.15) is 0 Å². The summed E-state index contributed by atoms with van der Waals surface area (Å²) >= 11 is 0. The van der Waals surface area contributed by atoms with Gasteiger partial charge < -0.3 is 4.57 Å². The minimum absolute atomic E-state index is 0.275. The molecule has 0 aliphatic heterocycles.